The van der Waals surface area contributed by atoms with Crippen molar-refractivity contribution in [2.75, 3.05) is 10.6 Å². The van der Waals surface area contributed by atoms with Crippen LogP contribution < -0.4 is 10.6 Å². The zero-order valence-corrected chi connectivity index (χ0v) is 20.3. The van der Waals surface area contributed by atoms with E-state index < -0.39 is 5.91 Å². The van der Waals surface area contributed by atoms with Gasteiger partial charge < -0.3 is 15.2 Å². The smallest absolute Gasteiger partial charge is 0.266 e. The number of para-hydroxylation sites is 1. The first-order valence-electron chi connectivity index (χ1n) is 10.4. The summed E-state index contributed by atoms with van der Waals surface area (Å²) in [6.45, 7) is 0.0309. The molecule has 0 aliphatic rings. The van der Waals surface area contributed by atoms with Crippen molar-refractivity contribution in [1.82, 2.24) is 4.57 Å². The van der Waals surface area contributed by atoms with Crippen LogP contribution in [0.1, 0.15) is 5.56 Å². The molecule has 6 nitrogen and oxygen atoms in total. The van der Waals surface area contributed by atoms with Crippen molar-refractivity contribution >= 4 is 75.0 Å². The minimum atomic E-state index is -0.631. The lowest BCUT2D eigenvalue weighted by Crippen LogP contribution is -2.18. The number of hydrogen-bond donors (Lipinski definition) is 2. The molecule has 0 spiro atoms. The number of amides is 2. The van der Waals surface area contributed by atoms with E-state index in [9.17, 15) is 14.9 Å². The molecule has 2 N–H and O–H groups in total. The van der Waals surface area contributed by atoms with Gasteiger partial charge in [0.1, 0.15) is 18.2 Å². The van der Waals surface area contributed by atoms with Crippen LogP contribution in [0.2, 0.25) is 15.1 Å². The average Bonchev–Trinajstić information content (AvgIpc) is 3.18. The Bertz CT molecular complexity index is 1500. The first kappa shape index (κ1) is 24.4. The Morgan fingerprint density at radius 1 is 0.943 bits per heavy atom. The molecule has 3 aromatic carbocycles. The van der Waals surface area contributed by atoms with Gasteiger partial charge in [-0.25, -0.2) is 0 Å². The van der Waals surface area contributed by atoms with Gasteiger partial charge in [-0.15, -0.1) is 0 Å². The second kappa shape index (κ2) is 10.7. The summed E-state index contributed by atoms with van der Waals surface area (Å²) < 4.78 is 1.76. The number of anilines is 2. The molecular weight excluding hydrogens is 507 g/mol. The number of nitriles is 1. The number of carbonyl (C=O) groups is 2. The SMILES string of the molecule is N#C/C(=C/c1cn(CC(=O)Nc2ccc(Cl)cc2)c2ccccc12)C(=O)Nc1cccc(Cl)c1Cl. The largest absolute Gasteiger partial charge is 0.337 e. The predicted octanol–water partition coefficient (Wildman–Crippen LogP) is 6.79. The van der Waals surface area contributed by atoms with Crippen molar-refractivity contribution in [3.63, 3.8) is 0 Å². The Hall–Kier alpha value is -3.76. The Kier molecular flexibility index (Phi) is 7.42. The highest BCUT2D eigenvalue weighted by Crippen LogP contribution is 2.30. The van der Waals surface area contributed by atoms with E-state index in [1.807, 2.05) is 30.3 Å². The Morgan fingerprint density at radius 3 is 2.43 bits per heavy atom. The Morgan fingerprint density at radius 2 is 1.69 bits per heavy atom. The van der Waals surface area contributed by atoms with Gasteiger partial charge in [0.05, 0.1) is 15.7 Å². The highest BCUT2D eigenvalue weighted by molar-refractivity contribution is 6.44. The Labute approximate surface area is 216 Å². The molecule has 0 fully saturated rings. The highest BCUT2D eigenvalue weighted by Gasteiger charge is 2.16. The van der Waals surface area contributed by atoms with Crippen LogP contribution in [0.3, 0.4) is 0 Å². The summed E-state index contributed by atoms with van der Waals surface area (Å²) in [5, 5.41) is 16.9. The predicted molar refractivity (Wildman–Crippen MR) is 141 cm³/mol. The fourth-order valence-corrected chi connectivity index (χ4v) is 3.98. The van der Waals surface area contributed by atoms with Crippen molar-refractivity contribution in [3.05, 3.63) is 99.1 Å². The summed E-state index contributed by atoms with van der Waals surface area (Å²) in [6, 6.07) is 21.0. The number of aromatic nitrogens is 1. The molecule has 35 heavy (non-hydrogen) atoms. The topological polar surface area (TPSA) is 86.9 Å². The van der Waals surface area contributed by atoms with E-state index in [1.54, 1.807) is 53.2 Å². The quantitative estimate of drug-likeness (QED) is 0.216. The molecule has 0 saturated heterocycles. The number of nitrogens with one attached hydrogen (secondary N) is 2. The minimum absolute atomic E-state index is 0.0309. The van der Waals surface area contributed by atoms with E-state index in [2.05, 4.69) is 10.6 Å². The monoisotopic (exact) mass is 522 g/mol. The molecule has 9 heteroatoms. The van der Waals surface area contributed by atoms with Crippen LogP contribution in [-0.2, 0) is 16.1 Å². The first-order chi connectivity index (χ1) is 16.9. The summed E-state index contributed by atoms with van der Waals surface area (Å²) in [7, 11) is 0. The molecule has 0 radical (unpaired) electrons. The van der Waals surface area contributed by atoms with E-state index in [0.717, 1.165) is 10.9 Å². The standard InChI is InChI=1S/C26H17Cl3N4O2/c27-18-8-10-19(11-9-18)31-24(34)15-33-14-17(20-4-1-2-7-23(20)33)12-16(13-30)26(35)32-22-6-3-5-21(28)25(22)29/h1-12,14H,15H2,(H,31,34)(H,32,35)/b16-12-. The fraction of sp³-hybridized carbons (Fsp3) is 0.0385. The van der Waals surface area contributed by atoms with Gasteiger partial charge in [0.15, 0.2) is 0 Å². The molecule has 0 aliphatic heterocycles. The molecule has 4 rings (SSSR count). The van der Waals surface area contributed by atoms with Gasteiger partial charge in [0.25, 0.3) is 5.91 Å². The minimum Gasteiger partial charge on any atom is -0.337 e. The van der Waals surface area contributed by atoms with Gasteiger partial charge in [-0.2, -0.15) is 5.26 Å². The average molecular weight is 524 g/mol. The summed E-state index contributed by atoms with van der Waals surface area (Å²) >= 11 is 18.0. The number of benzene rings is 3. The summed E-state index contributed by atoms with van der Waals surface area (Å²) in [5.74, 6) is -0.869. The number of fused-ring (bicyclic) bond motifs is 1. The van der Waals surface area contributed by atoms with Crippen LogP contribution in [0.25, 0.3) is 17.0 Å². The molecule has 0 atom stereocenters. The van der Waals surface area contributed by atoms with E-state index in [0.29, 0.717) is 22.0 Å². The third-order valence-corrected chi connectivity index (χ3v) is 6.20. The molecule has 0 saturated carbocycles. The van der Waals surface area contributed by atoms with Crippen molar-refractivity contribution in [2.45, 2.75) is 6.54 Å². The molecule has 4 aromatic rings. The van der Waals surface area contributed by atoms with Gasteiger partial charge in [-0.1, -0.05) is 59.1 Å². The van der Waals surface area contributed by atoms with Crippen LogP contribution in [0.5, 0.6) is 0 Å². The number of halogens is 3. The van der Waals surface area contributed by atoms with Crippen molar-refractivity contribution in [1.29, 1.82) is 5.26 Å². The van der Waals surface area contributed by atoms with E-state index in [-0.39, 0.29) is 28.1 Å². The second-order valence-electron chi connectivity index (χ2n) is 7.51. The molecule has 174 valence electrons. The third kappa shape index (κ3) is 5.67. The van der Waals surface area contributed by atoms with E-state index in [4.69, 9.17) is 34.8 Å². The molecular formula is C26H17Cl3N4O2. The zero-order valence-electron chi connectivity index (χ0n) is 18.1. The van der Waals surface area contributed by atoms with Crippen LogP contribution >= 0.6 is 34.8 Å². The maximum atomic E-state index is 12.8. The van der Waals surface area contributed by atoms with Crippen molar-refractivity contribution < 1.29 is 9.59 Å². The fourth-order valence-electron chi connectivity index (χ4n) is 3.50. The van der Waals surface area contributed by atoms with Crippen LogP contribution in [0.15, 0.2) is 78.5 Å². The maximum Gasteiger partial charge on any atom is 0.266 e. The van der Waals surface area contributed by atoms with Gasteiger partial charge in [-0.05, 0) is 48.5 Å². The molecule has 1 heterocycles. The van der Waals surface area contributed by atoms with E-state index >= 15 is 0 Å². The number of carbonyl (C=O) groups excluding carboxylic acids is 2. The number of hydrogen-bond acceptors (Lipinski definition) is 3. The maximum absolute atomic E-state index is 12.8. The molecule has 2 amide bonds. The van der Waals surface area contributed by atoms with Gasteiger partial charge in [0, 0.05) is 33.4 Å². The number of rotatable bonds is 6. The summed E-state index contributed by atoms with van der Waals surface area (Å²) in [4.78, 5) is 25.4. The zero-order chi connectivity index (χ0) is 24.9. The van der Waals surface area contributed by atoms with Crippen molar-refractivity contribution in [2.24, 2.45) is 0 Å². The molecule has 0 bridgehead atoms. The van der Waals surface area contributed by atoms with Gasteiger partial charge in [-0.3, -0.25) is 9.59 Å². The number of nitrogens with zero attached hydrogens (tertiary/aromatic N) is 2. The highest BCUT2D eigenvalue weighted by atomic mass is 35.5. The summed E-state index contributed by atoms with van der Waals surface area (Å²) in [6.07, 6.45) is 3.20. The normalized spacial score (nSPS) is 11.2. The van der Waals surface area contributed by atoms with Gasteiger partial charge >= 0.3 is 0 Å². The second-order valence-corrected chi connectivity index (χ2v) is 8.73. The molecule has 0 aliphatic carbocycles. The van der Waals surface area contributed by atoms with Crippen LogP contribution in [0.4, 0.5) is 11.4 Å². The van der Waals surface area contributed by atoms with Crippen LogP contribution in [-0.4, -0.2) is 16.4 Å². The first-order valence-corrected chi connectivity index (χ1v) is 11.5. The van der Waals surface area contributed by atoms with Crippen LogP contribution in [0, 0.1) is 11.3 Å². The molecule has 0 unspecified atom stereocenters. The third-order valence-electron chi connectivity index (χ3n) is 5.13. The van der Waals surface area contributed by atoms with E-state index in [1.165, 1.54) is 6.08 Å². The lowest BCUT2D eigenvalue weighted by molar-refractivity contribution is -0.116. The lowest BCUT2D eigenvalue weighted by atomic mass is 10.1. The summed E-state index contributed by atoms with van der Waals surface area (Å²) in [5.41, 5.74) is 2.18. The Balaban J connectivity index is 1.60. The molecule has 1 aromatic heterocycles. The van der Waals surface area contributed by atoms with Crippen molar-refractivity contribution in [3.8, 4) is 6.07 Å². The van der Waals surface area contributed by atoms with Gasteiger partial charge in [0.2, 0.25) is 5.91 Å². The lowest BCUT2D eigenvalue weighted by Gasteiger charge is -2.07.